The normalized spacial score (nSPS) is 11.8. The Hall–Kier alpha value is -2.10. The molecular weight excluding hydrogens is 216 g/mol. The summed E-state index contributed by atoms with van der Waals surface area (Å²) in [5, 5.41) is 0. The summed E-state index contributed by atoms with van der Waals surface area (Å²) < 4.78 is 6.63. The van der Waals surface area contributed by atoms with E-state index in [9.17, 15) is 4.79 Å². The Kier molecular flexibility index (Phi) is 3.23. The number of hydrogen-bond donors (Lipinski definition) is 0. The Morgan fingerprint density at radius 2 is 2.24 bits per heavy atom. The molecule has 88 valence electrons. The molecule has 1 aromatic carbocycles. The van der Waals surface area contributed by atoms with Crippen LogP contribution in [-0.4, -0.2) is 22.6 Å². The number of rotatable bonds is 3. The fourth-order valence-electron chi connectivity index (χ4n) is 1.64. The van der Waals surface area contributed by atoms with Crippen molar-refractivity contribution < 1.29 is 9.53 Å². The maximum atomic E-state index is 11.2. The van der Waals surface area contributed by atoms with Gasteiger partial charge in [-0.25, -0.2) is 9.78 Å². The van der Waals surface area contributed by atoms with Crippen molar-refractivity contribution >= 4 is 17.0 Å². The quantitative estimate of drug-likeness (QED) is 0.599. The summed E-state index contributed by atoms with van der Waals surface area (Å²) >= 11 is 0. The van der Waals surface area contributed by atoms with Gasteiger partial charge in [0.2, 0.25) is 0 Å². The molecule has 0 aliphatic carbocycles. The zero-order valence-electron chi connectivity index (χ0n) is 9.88. The van der Waals surface area contributed by atoms with Gasteiger partial charge < -0.3 is 9.30 Å². The van der Waals surface area contributed by atoms with E-state index in [1.54, 1.807) is 13.3 Å². The fraction of sp³-hybridized carbons (Fsp3) is 0.231. The molecule has 4 heteroatoms. The van der Waals surface area contributed by atoms with E-state index in [1.807, 2.05) is 34.9 Å². The van der Waals surface area contributed by atoms with E-state index in [-0.39, 0.29) is 5.97 Å². The minimum atomic E-state index is -0.297. The highest BCUT2D eigenvalue weighted by Crippen LogP contribution is 2.12. The molecule has 0 radical (unpaired) electrons. The van der Waals surface area contributed by atoms with Crippen LogP contribution in [0.2, 0.25) is 0 Å². The summed E-state index contributed by atoms with van der Waals surface area (Å²) in [7, 11) is 1.38. The average molecular weight is 230 g/mol. The van der Waals surface area contributed by atoms with Crippen molar-refractivity contribution in [2.45, 2.75) is 13.5 Å². The van der Waals surface area contributed by atoms with Crippen molar-refractivity contribution in [1.82, 2.24) is 9.55 Å². The number of aromatic nitrogens is 2. The van der Waals surface area contributed by atoms with E-state index >= 15 is 0 Å². The Labute approximate surface area is 99.5 Å². The van der Waals surface area contributed by atoms with Gasteiger partial charge in [0.05, 0.1) is 24.5 Å². The highest BCUT2D eigenvalue weighted by Gasteiger charge is 2.03. The van der Waals surface area contributed by atoms with Gasteiger partial charge in [0.15, 0.2) is 0 Å². The number of ether oxygens (including phenoxy) is 1. The molecule has 0 unspecified atom stereocenters. The molecule has 0 fully saturated rings. The van der Waals surface area contributed by atoms with Crippen LogP contribution in [0.25, 0.3) is 11.0 Å². The van der Waals surface area contributed by atoms with E-state index in [2.05, 4.69) is 9.72 Å². The SMILES string of the molecule is COC(=O)C(C)=CCn1cnc2ccccc21. The summed E-state index contributed by atoms with van der Waals surface area (Å²) in [6.45, 7) is 2.35. The van der Waals surface area contributed by atoms with Crippen LogP contribution in [0.5, 0.6) is 0 Å². The van der Waals surface area contributed by atoms with E-state index in [0.717, 1.165) is 11.0 Å². The van der Waals surface area contributed by atoms with Gasteiger partial charge in [0, 0.05) is 12.1 Å². The minimum Gasteiger partial charge on any atom is -0.466 e. The molecule has 1 aromatic heterocycles. The molecule has 2 rings (SSSR count). The molecule has 0 atom stereocenters. The second kappa shape index (κ2) is 4.82. The highest BCUT2D eigenvalue weighted by atomic mass is 16.5. The Morgan fingerprint density at radius 1 is 1.47 bits per heavy atom. The molecule has 0 amide bonds. The van der Waals surface area contributed by atoms with Gasteiger partial charge in [-0.2, -0.15) is 0 Å². The lowest BCUT2D eigenvalue weighted by Gasteiger charge is -2.01. The van der Waals surface area contributed by atoms with Crippen molar-refractivity contribution in [3.63, 3.8) is 0 Å². The molecular formula is C13H14N2O2. The molecule has 0 aliphatic rings. The second-order valence-corrected chi connectivity index (χ2v) is 3.76. The summed E-state index contributed by atoms with van der Waals surface area (Å²) in [4.78, 5) is 15.5. The molecule has 0 aliphatic heterocycles. The van der Waals surface area contributed by atoms with Crippen molar-refractivity contribution in [3.8, 4) is 0 Å². The average Bonchev–Trinajstić information content (AvgIpc) is 2.78. The number of carbonyl (C=O) groups excluding carboxylic acids is 1. The van der Waals surface area contributed by atoms with Gasteiger partial charge in [0.25, 0.3) is 0 Å². The lowest BCUT2D eigenvalue weighted by molar-refractivity contribution is -0.136. The zero-order chi connectivity index (χ0) is 12.3. The number of fused-ring (bicyclic) bond motifs is 1. The molecule has 4 nitrogen and oxygen atoms in total. The Morgan fingerprint density at radius 3 is 3.00 bits per heavy atom. The number of esters is 1. The summed E-state index contributed by atoms with van der Waals surface area (Å²) in [6.07, 6.45) is 3.60. The number of nitrogens with zero attached hydrogens (tertiary/aromatic N) is 2. The maximum absolute atomic E-state index is 11.2. The topological polar surface area (TPSA) is 44.1 Å². The van der Waals surface area contributed by atoms with E-state index in [0.29, 0.717) is 12.1 Å². The lowest BCUT2D eigenvalue weighted by Crippen LogP contribution is -2.03. The van der Waals surface area contributed by atoms with E-state index < -0.39 is 0 Å². The predicted molar refractivity (Wildman–Crippen MR) is 65.5 cm³/mol. The monoisotopic (exact) mass is 230 g/mol. The first-order chi connectivity index (χ1) is 8.22. The van der Waals surface area contributed by atoms with Gasteiger partial charge in [-0.05, 0) is 19.1 Å². The molecule has 0 N–H and O–H groups in total. The third kappa shape index (κ3) is 2.36. The molecule has 17 heavy (non-hydrogen) atoms. The van der Waals surface area contributed by atoms with Crippen molar-refractivity contribution in [2.24, 2.45) is 0 Å². The van der Waals surface area contributed by atoms with Crippen LogP contribution < -0.4 is 0 Å². The van der Waals surface area contributed by atoms with Crippen LogP contribution in [0.4, 0.5) is 0 Å². The first-order valence-corrected chi connectivity index (χ1v) is 5.37. The third-order valence-electron chi connectivity index (χ3n) is 2.63. The van der Waals surface area contributed by atoms with Crippen molar-refractivity contribution in [1.29, 1.82) is 0 Å². The zero-order valence-corrected chi connectivity index (χ0v) is 9.88. The number of allylic oxidation sites excluding steroid dienone is 1. The Bertz CT molecular complexity index is 570. The van der Waals surface area contributed by atoms with Crippen LogP contribution in [0, 0.1) is 0 Å². The number of imidazole rings is 1. The van der Waals surface area contributed by atoms with Crippen LogP contribution in [-0.2, 0) is 16.1 Å². The van der Waals surface area contributed by atoms with Crippen LogP contribution in [0.15, 0.2) is 42.2 Å². The molecule has 1 heterocycles. The molecule has 0 saturated carbocycles. The summed E-state index contributed by atoms with van der Waals surface area (Å²) in [5.41, 5.74) is 2.61. The van der Waals surface area contributed by atoms with Gasteiger partial charge in [0.1, 0.15) is 0 Å². The number of methoxy groups -OCH3 is 1. The number of benzene rings is 1. The first-order valence-electron chi connectivity index (χ1n) is 5.37. The fourth-order valence-corrected chi connectivity index (χ4v) is 1.64. The van der Waals surface area contributed by atoms with Crippen LogP contribution in [0.1, 0.15) is 6.92 Å². The van der Waals surface area contributed by atoms with Crippen LogP contribution >= 0.6 is 0 Å². The predicted octanol–water partition coefficient (Wildman–Crippen LogP) is 2.16. The molecule has 0 bridgehead atoms. The highest BCUT2D eigenvalue weighted by molar-refractivity contribution is 5.87. The number of para-hydroxylation sites is 2. The molecule has 0 spiro atoms. The second-order valence-electron chi connectivity index (χ2n) is 3.76. The minimum absolute atomic E-state index is 0.297. The number of hydrogen-bond acceptors (Lipinski definition) is 3. The molecule has 2 aromatic rings. The summed E-state index contributed by atoms with van der Waals surface area (Å²) in [6, 6.07) is 7.89. The van der Waals surface area contributed by atoms with E-state index in [4.69, 9.17) is 0 Å². The van der Waals surface area contributed by atoms with Crippen molar-refractivity contribution in [2.75, 3.05) is 7.11 Å². The van der Waals surface area contributed by atoms with Gasteiger partial charge >= 0.3 is 5.97 Å². The number of carbonyl (C=O) groups is 1. The lowest BCUT2D eigenvalue weighted by atomic mass is 10.3. The smallest absolute Gasteiger partial charge is 0.333 e. The van der Waals surface area contributed by atoms with Gasteiger partial charge in [-0.1, -0.05) is 18.2 Å². The standard InChI is InChI=1S/C13H14N2O2/c1-10(13(16)17-2)7-8-15-9-14-11-5-3-4-6-12(11)15/h3-7,9H,8H2,1-2H3. The Balaban J connectivity index is 2.22. The summed E-state index contributed by atoms with van der Waals surface area (Å²) in [5.74, 6) is -0.297. The van der Waals surface area contributed by atoms with E-state index in [1.165, 1.54) is 7.11 Å². The van der Waals surface area contributed by atoms with Crippen LogP contribution in [0.3, 0.4) is 0 Å². The molecule has 0 saturated heterocycles. The van der Waals surface area contributed by atoms with Crippen molar-refractivity contribution in [3.05, 3.63) is 42.2 Å². The largest absolute Gasteiger partial charge is 0.466 e. The van der Waals surface area contributed by atoms with Gasteiger partial charge in [-0.15, -0.1) is 0 Å². The third-order valence-corrected chi connectivity index (χ3v) is 2.63. The first kappa shape index (κ1) is 11.4. The maximum Gasteiger partial charge on any atom is 0.333 e. The van der Waals surface area contributed by atoms with Gasteiger partial charge in [-0.3, -0.25) is 0 Å².